The van der Waals surface area contributed by atoms with E-state index in [2.05, 4.69) is 0 Å². The molecule has 0 unspecified atom stereocenters. The largest absolute Gasteiger partial charge is 0.480 e. The highest BCUT2D eigenvalue weighted by molar-refractivity contribution is 7.92. The highest BCUT2D eigenvalue weighted by Crippen LogP contribution is 2.32. The molecule has 10 heteroatoms. The monoisotopic (exact) mass is 388 g/mol. The molecule has 0 aliphatic carbocycles. The van der Waals surface area contributed by atoms with E-state index >= 15 is 0 Å². The van der Waals surface area contributed by atoms with Crippen molar-refractivity contribution in [3.63, 3.8) is 0 Å². The van der Waals surface area contributed by atoms with Crippen LogP contribution in [0.4, 0.5) is 0 Å². The number of hydrogen-bond acceptors (Lipinski definition) is 5. The average Bonchev–Trinajstić information content (AvgIpc) is 3.26. The quantitative estimate of drug-likeness (QED) is 0.795. The Morgan fingerprint density at radius 2 is 1.48 bits per heavy atom. The molecule has 3 rings (SSSR count). The van der Waals surface area contributed by atoms with Crippen molar-refractivity contribution in [2.75, 3.05) is 19.6 Å². The molecule has 2 fully saturated rings. The van der Waals surface area contributed by atoms with Gasteiger partial charge >= 0.3 is 5.97 Å². The van der Waals surface area contributed by atoms with Gasteiger partial charge in [-0.2, -0.15) is 8.61 Å². The molecular formula is C15H20N2O6S2. The van der Waals surface area contributed by atoms with Crippen LogP contribution < -0.4 is 0 Å². The van der Waals surface area contributed by atoms with Gasteiger partial charge in [-0.1, -0.05) is 12.1 Å². The Labute approximate surface area is 147 Å². The first-order chi connectivity index (χ1) is 11.8. The van der Waals surface area contributed by atoms with Gasteiger partial charge in [0.1, 0.15) is 15.8 Å². The van der Waals surface area contributed by atoms with E-state index < -0.39 is 32.1 Å². The third-order valence-electron chi connectivity index (χ3n) is 4.61. The first-order valence-corrected chi connectivity index (χ1v) is 11.0. The van der Waals surface area contributed by atoms with Gasteiger partial charge in [0.05, 0.1) is 0 Å². The number of nitrogens with zero attached hydrogens (tertiary/aromatic N) is 2. The van der Waals surface area contributed by atoms with E-state index in [1.54, 1.807) is 0 Å². The lowest BCUT2D eigenvalue weighted by Crippen LogP contribution is -2.41. The smallest absolute Gasteiger partial charge is 0.322 e. The van der Waals surface area contributed by atoms with E-state index in [4.69, 9.17) is 0 Å². The average molecular weight is 388 g/mol. The first kappa shape index (κ1) is 18.3. The lowest BCUT2D eigenvalue weighted by atomic mass is 10.2. The lowest BCUT2D eigenvalue weighted by molar-refractivity contribution is -0.140. The van der Waals surface area contributed by atoms with E-state index in [-0.39, 0.29) is 22.8 Å². The summed E-state index contributed by atoms with van der Waals surface area (Å²) in [6.07, 6.45) is 2.12. The van der Waals surface area contributed by atoms with Crippen LogP contribution >= 0.6 is 0 Å². The van der Waals surface area contributed by atoms with Gasteiger partial charge in [-0.05, 0) is 37.8 Å². The van der Waals surface area contributed by atoms with Gasteiger partial charge < -0.3 is 5.11 Å². The number of hydrogen-bond donors (Lipinski definition) is 1. The Balaban J connectivity index is 2.08. The molecule has 2 aliphatic rings. The zero-order chi connectivity index (χ0) is 18.2. The van der Waals surface area contributed by atoms with Crippen LogP contribution in [-0.4, -0.2) is 62.2 Å². The minimum absolute atomic E-state index is 0.0669. The van der Waals surface area contributed by atoms with Crippen molar-refractivity contribution in [3.05, 3.63) is 24.3 Å². The molecule has 0 amide bonds. The summed E-state index contributed by atoms with van der Waals surface area (Å²) < 4.78 is 53.9. The SMILES string of the molecule is O=C(O)[C@H]1CCCN1S(=O)(=O)c1ccccc1S(=O)(=O)N1CCCC1. The molecule has 2 saturated heterocycles. The Bertz CT molecular complexity index is 875. The number of carbonyl (C=O) groups is 1. The van der Waals surface area contributed by atoms with Gasteiger partial charge in [0.15, 0.2) is 0 Å². The molecule has 2 heterocycles. The number of rotatable bonds is 5. The van der Waals surface area contributed by atoms with E-state index in [9.17, 15) is 26.7 Å². The fraction of sp³-hybridized carbons (Fsp3) is 0.533. The second-order valence-electron chi connectivity index (χ2n) is 6.17. The maximum Gasteiger partial charge on any atom is 0.322 e. The molecule has 1 atom stereocenters. The number of carboxylic acid groups (broad SMARTS) is 1. The van der Waals surface area contributed by atoms with Crippen LogP contribution in [0.1, 0.15) is 25.7 Å². The molecule has 8 nitrogen and oxygen atoms in total. The summed E-state index contributed by atoms with van der Waals surface area (Å²) in [6.45, 7) is 0.785. The van der Waals surface area contributed by atoms with Crippen molar-refractivity contribution in [1.29, 1.82) is 0 Å². The Hall–Kier alpha value is -1.49. The third-order valence-corrected chi connectivity index (χ3v) is 8.66. The van der Waals surface area contributed by atoms with Gasteiger partial charge in [-0.15, -0.1) is 0 Å². The number of benzene rings is 1. The van der Waals surface area contributed by atoms with Gasteiger partial charge in [0, 0.05) is 19.6 Å². The molecular weight excluding hydrogens is 368 g/mol. The summed E-state index contributed by atoms with van der Waals surface area (Å²) in [5.41, 5.74) is 0. The number of carboxylic acids is 1. The van der Waals surface area contributed by atoms with Gasteiger partial charge in [-0.3, -0.25) is 4.79 Å². The van der Waals surface area contributed by atoms with Crippen molar-refractivity contribution in [3.8, 4) is 0 Å². The summed E-state index contributed by atoms with van der Waals surface area (Å²) in [7, 11) is -8.17. The molecule has 0 spiro atoms. The summed E-state index contributed by atoms with van der Waals surface area (Å²) in [6, 6.07) is 4.26. The molecule has 1 N–H and O–H groups in total. The molecule has 1 aromatic rings. The topological polar surface area (TPSA) is 112 Å². The molecule has 0 bridgehead atoms. The Kier molecular flexibility index (Phi) is 4.89. The van der Waals surface area contributed by atoms with Crippen LogP contribution in [-0.2, 0) is 24.8 Å². The summed E-state index contributed by atoms with van der Waals surface area (Å²) in [5.74, 6) is -1.22. The van der Waals surface area contributed by atoms with Crippen LogP contribution in [0.5, 0.6) is 0 Å². The summed E-state index contributed by atoms with van der Waals surface area (Å²) in [5, 5.41) is 9.26. The van der Waals surface area contributed by atoms with Crippen LogP contribution in [0.3, 0.4) is 0 Å². The van der Waals surface area contributed by atoms with Crippen LogP contribution in [0.15, 0.2) is 34.1 Å². The second-order valence-corrected chi connectivity index (χ2v) is 9.94. The molecule has 2 aliphatic heterocycles. The molecule has 1 aromatic carbocycles. The minimum atomic E-state index is -4.23. The maximum atomic E-state index is 13.0. The number of aliphatic carboxylic acids is 1. The maximum absolute atomic E-state index is 13.0. The highest BCUT2D eigenvalue weighted by Gasteiger charge is 2.42. The van der Waals surface area contributed by atoms with E-state index in [0.29, 0.717) is 19.5 Å². The van der Waals surface area contributed by atoms with Gasteiger partial charge in [0.2, 0.25) is 20.0 Å². The van der Waals surface area contributed by atoms with Crippen LogP contribution in [0, 0.1) is 0 Å². The van der Waals surface area contributed by atoms with Gasteiger partial charge in [0.25, 0.3) is 0 Å². The highest BCUT2D eigenvalue weighted by atomic mass is 32.2. The third kappa shape index (κ3) is 3.19. The predicted molar refractivity (Wildman–Crippen MR) is 89.0 cm³/mol. The minimum Gasteiger partial charge on any atom is -0.480 e. The normalized spacial score (nSPS) is 23.1. The van der Waals surface area contributed by atoms with Crippen molar-refractivity contribution in [2.45, 2.75) is 41.5 Å². The lowest BCUT2D eigenvalue weighted by Gasteiger charge is -2.23. The fourth-order valence-electron chi connectivity index (χ4n) is 3.34. The molecule has 0 radical (unpaired) electrons. The van der Waals surface area contributed by atoms with Crippen LogP contribution in [0.2, 0.25) is 0 Å². The second kappa shape index (κ2) is 6.67. The number of sulfonamides is 2. The van der Waals surface area contributed by atoms with E-state index in [1.807, 2.05) is 0 Å². The zero-order valence-corrected chi connectivity index (χ0v) is 15.2. The van der Waals surface area contributed by atoms with E-state index in [1.165, 1.54) is 28.6 Å². The van der Waals surface area contributed by atoms with Crippen molar-refractivity contribution in [2.24, 2.45) is 0 Å². The van der Waals surface area contributed by atoms with Crippen molar-refractivity contribution >= 4 is 26.0 Å². The molecule has 0 saturated carbocycles. The van der Waals surface area contributed by atoms with Gasteiger partial charge in [-0.25, -0.2) is 16.8 Å². The summed E-state index contributed by atoms with van der Waals surface area (Å²) >= 11 is 0. The molecule has 0 aromatic heterocycles. The van der Waals surface area contributed by atoms with Crippen LogP contribution in [0.25, 0.3) is 0 Å². The first-order valence-electron chi connectivity index (χ1n) is 8.10. The summed E-state index contributed by atoms with van der Waals surface area (Å²) in [4.78, 5) is 10.7. The van der Waals surface area contributed by atoms with Crippen molar-refractivity contribution in [1.82, 2.24) is 8.61 Å². The fourth-order valence-corrected chi connectivity index (χ4v) is 7.29. The van der Waals surface area contributed by atoms with Crippen molar-refractivity contribution < 1.29 is 26.7 Å². The standard InChI is InChI=1S/C15H20N2O6S2/c18-15(19)12-6-5-11-17(12)25(22,23)14-8-2-1-7-13(14)24(20,21)16-9-3-4-10-16/h1-2,7-8,12H,3-6,9-11H2,(H,18,19)/t12-/m1/s1. The molecule has 138 valence electrons. The molecule has 25 heavy (non-hydrogen) atoms. The Morgan fingerprint density at radius 1 is 0.920 bits per heavy atom. The predicted octanol–water partition coefficient (Wildman–Crippen LogP) is 0.709. The van der Waals surface area contributed by atoms with E-state index in [0.717, 1.165) is 17.1 Å². The zero-order valence-electron chi connectivity index (χ0n) is 13.5. The Morgan fingerprint density at radius 3 is 2.04 bits per heavy atom.